The Hall–Kier alpha value is -5.19. The van der Waals surface area contributed by atoms with Crippen LogP contribution in [-0.4, -0.2) is 36.8 Å². The van der Waals surface area contributed by atoms with Crippen molar-refractivity contribution in [2.45, 2.75) is 24.8 Å². The minimum absolute atomic E-state index is 0.137. The number of carbonyl (C=O) groups excluding carboxylic acids is 1. The number of nitrogens with one attached hydrogen (secondary N) is 1. The molecule has 14 heteroatoms. The van der Waals surface area contributed by atoms with Crippen molar-refractivity contribution in [1.82, 2.24) is 24.7 Å². The van der Waals surface area contributed by atoms with Crippen molar-refractivity contribution < 1.29 is 31.1 Å². The van der Waals surface area contributed by atoms with Crippen molar-refractivity contribution in [1.29, 1.82) is 5.26 Å². The Bertz CT molecular complexity index is 1750. The highest BCUT2D eigenvalue weighted by Crippen LogP contribution is 2.36. The van der Waals surface area contributed by atoms with Crippen molar-refractivity contribution in [3.05, 3.63) is 90.6 Å². The fourth-order valence-corrected chi connectivity index (χ4v) is 4.36. The van der Waals surface area contributed by atoms with Crippen LogP contribution in [0.15, 0.2) is 79.5 Å². The number of rotatable bonds is 6. The molecule has 41 heavy (non-hydrogen) atoms. The Kier molecular flexibility index (Phi) is 6.96. The van der Waals surface area contributed by atoms with Crippen molar-refractivity contribution in [3.8, 4) is 17.3 Å². The number of hydrogen-bond donors (Lipinski definition) is 1. The molecule has 0 aliphatic carbocycles. The average Bonchev–Trinajstić information content (AvgIpc) is 3.61. The standard InChI is InChI=1S/C27H17F6N7O/c28-26(29,30)18-4-6-19(7-5-18)40(25(41)27(31,32)33)20-3-1-2-16(12-20)22(8-10-34)39-14-17(13-38-39)23-21-9-11-35-24(21)37-15-36-23/h1-7,9,11-15,22H,8H2,(H,35,36,37). The van der Waals surface area contributed by atoms with E-state index in [-0.39, 0.29) is 17.0 Å². The van der Waals surface area contributed by atoms with Crippen LogP contribution in [-0.2, 0) is 11.0 Å². The van der Waals surface area contributed by atoms with Gasteiger partial charge in [0.15, 0.2) is 0 Å². The van der Waals surface area contributed by atoms with Crippen LogP contribution in [0.25, 0.3) is 22.3 Å². The van der Waals surface area contributed by atoms with Gasteiger partial charge in [-0.1, -0.05) is 12.1 Å². The number of aromatic amines is 1. The van der Waals surface area contributed by atoms with Gasteiger partial charge in [0.2, 0.25) is 0 Å². The highest BCUT2D eigenvalue weighted by Gasteiger charge is 2.44. The number of amides is 1. The number of benzene rings is 2. The summed E-state index contributed by atoms with van der Waals surface area (Å²) in [6.45, 7) is 0. The zero-order valence-corrected chi connectivity index (χ0v) is 20.6. The molecule has 3 heterocycles. The first-order valence-electron chi connectivity index (χ1n) is 11.9. The third-order valence-corrected chi connectivity index (χ3v) is 6.24. The molecule has 1 amide bonds. The Morgan fingerprint density at radius 1 is 1.02 bits per heavy atom. The van der Waals surface area contributed by atoms with Crippen LogP contribution >= 0.6 is 0 Å². The first-order chi connectivity index (χ1) is 19.5. The molecule has 0 spiro atoms. The molecule has 0 fully saturated rings. The average molecular weight is 569 g/mol. The van der Waals surface area contributed by atoms with Gasteiger partial charge in [-0.25, -0.2) is 9.97 Å². The van der Waals surface area contributed by atoms with Gasteiger partial charge in [0.25, 0.3) is 0 Å². The number of nitriles is 1. The van der Waals surface area contributed by atoms with E-state index in [0.717, 1.165) is 17.5 Å². The summed E-state index contributed by atoms with van der Waals surface area (Å²) in [5, 5.41) is 14.6. The molecule has 0 bridgehead atoms. The van der Waals surface area contributed by atoms with Crippen molar-refractivity contribution in [2.75, 3.05) is 4.90 Å². The number of carbonyl (C=O) groups is 1. The largest absolute Gasteiger partial charge is 0.472 e. The summed E-state index contributed by atoms with van der Waals surface area (Å²) in [7, 11) is 0. The Labute approximate surface area is 227 Å². The molecule has 1 N–H and O–H groups in total. The zero-order valence-electron chi connectivity index (χ0n) is 20.6. The molecule has 0 radical (unpaired) electrons. The molecule has 1 unspecified atom stereocenters. The number of alkyl halides is 6. The summed E-state index contributed by atoms with van der Waals surface area (Å²) in [5.74, 6) is -2.30. The lowest BCUT2D eigenvalue weighted by atomic mass is 10.0. The minimum Gasteiger partial charge on any atom is -0.346 e. The van der Waals surface area contributed by atoms with Crippen LogP contribution in [0, 0.1) is 11.3 Å². The van der Waals surface area contributed by atoms with Crippen molar-refractivity contribution >= 4 is 28.3 Å². The first kappa shape index (κ1) is 27.4. The normalized spacial score (nSPS) is 12.7. The number of hydrogen-bond acceptors (Lipinski definition) is 5. The number of halogens is 6. The van der Waals surface area contributed by atoms with Crippen LogP contribution in [0.4, 0.5) is 37.7 Å². The number of H-pyrrole nitrogens is 1. The third kappa shape index (κ3) is 5.46. The van der Waals surface area contributed by atoms with Gasteiger partial charge in [0, 0.05) is 34.7 Å². The molecule has 0 saturated carbocycles. The maximum absolute atomic E-state index is 13.6. The second-order valence-electron chi connectivity index (χ2n) is 8.83. The maximum atomic E-state index is 13.6. The highest BCUT2D eigenvalue weighted by atomic mass is 19.4. The quantitative estimate of drug-likeness (QED) is 0.233. The van der Waals surface area contributed by atoms with Crippen LogP contribution in [0.1, 0.15) is 23.6 Å². The summed E-state index contributed by atoms with van der Waals surface area (Å²) < 4.78 is 81.3. The van der Waals surface area contributed by atoms with E-state index in [9.17, 15) is 36.4 Å². The monoisotopic (exact) mass is 569 g/mol. The summed E-state index contributed by atoms with van der Waals surface area (Å²) in [5.41, 5.74) is 0.325. The smallest absolute Gasteiger partial charge is 0.346 e. The Morgan fingerprint density at radius 3 is 2.46 bits per heavy atom. The van der Waals surface area contributed by atoms with E-state index in [0.29, 0.717) is 34.6 Å². The summed E-state index contributed by atoms with van der Waals surface area (Å²) in [6.07, 6.45) is -3.98. The molecule has 5 aromatic rings. The summed E-state index contributed by atoms with van der Waals surface area (Å²) in [6, 6.07) is 11.2. The van der Waals surface area contributed by atoms with Gasteiger partial charge in [-0.15, -0.1) is 0 Å². The van der Waals surface area contributed by atoms with E-state index >= 15 is 0 Å². The number of anilines is 2. The maximum Gasteiger partial charge on any atom is 0.472 e. The molecular formula is C27H17F6N7O. The third-order valence-electron chi connectivity index (χ3n) is 6.24. The summed E-state index contributed by atoms with van der Waals surface area (Å²) >= 11 is 0. The lowest BCUT2D eigenvalue weighted by Crippen LogP contribution is -2.38. The molecule has 5 rings (SSSR count). The van der Waals surface area contributed by atoms with E-state index in [4.69, 9.17) is 0 Å². The number of aromatic nitrogens is 5. The van der Waals surface area contributed by atoms with Gasteiger partial charge in [0.05, 0.1) is 36.0 Å². The lowest BCUT2D eigenvalue weighted by molar-refractivity contribution is -0.169. The molecule has 2 aromatic carbocycles. The van der Waals surface area contributed by atoms with Gasteiger partial charge < -0.3 is 4.98 Å². The van der Waals surface area contributed by atoms with E-state index < -0.39 is 35.6 Å². The zero-order chi connectivity index (χ0) is 29.4. The van der Waals surface area contributed by atoms with Gasteiger partial charge in [-0.3, -0.25) is 14.4 Å². The molecule has 0 aliphatic heterocycles. The number of nitrogens with zero attached hydrogens (tertiary/aromatic N) is 6. The molecule has 3 aromatic heterocycles. The van der Waals surface area contributed by atoms with Crippen LogP contribution < -0.4 is 4.90 Å². The van der Waals surface area contributed by atoms with Crippen molar-refractivity contribution in [2.24, 2.45) is 0 Å². The van der Waals surface area contributed by atoms with Crippen LogP contribution in [0.5, 0.6) is 0 Å². The van der Waals surface area contributed by atoms with E-state index in [1.165, 1.54) is 35.4 Å². The Balaban J connectivity index is 1.55. The number of fused-ring (bicyclic) bond motifs is 1. The van der Waals surface area contributed by atoms with Crippen LogP contribution in [0.3, 0.4) is 0 Å². The molecule has 0 aliphatic rings. The topological polar surface area (TPSA) is 103 Å². The fourth-order valence-electron chi connectivity index (χ4n) is 4.36. The highest BCUT2D eigenvalue weighted by molar-refractivity contribution is 6.03. The predicted octanol–water partition coefficient (Wildman–Crippen LogP) is 6.57. The lowest BCUT2D eigenvalue weighted by Gasteiger charge is -2.26. The van der Waals surface area contributed by atoms with Gasteiger partial charge in [-0.05, 0) is 48.0 Å². The van der Waals surface area contributed by atoms with E-state index in [2.05, 4.69) is 20.1 Å². The molecule has 0 saturated heterocycles. The van der Waals surface area contributed by atoms with Crippen LogP contribution in [0.2, 0.25) is 0 Å². The predicted molar refractivity (Wildman–Crippen MR) is 135 cm³/mol. The van der Waals surface area contributed by atoms with Gasteiger partial charge in [-0.2, -0.15) is 36.7 Å². The SMILES string of the molecule is N#CCC(c1cccc(N(C(=O)C(F)(F)F)c2ccc(C(F)(F)F)cc2)c1)n1cc(-c2ncnc3[nH]ccc23)cn1. The molecule has 208 valence electrons. The van der Waals surface area contributed by atoms with Gasteiger partial charge >= 0.3 is 18.3 Å². The minimum atomic E-state index is -5.33. The molecule has 8 nitrogen and oxygen atoms in total. The summed E-state index contributed by atoms with van der Waals surface area (Å²) in [4.78, 5) is 24.2. The first-order valence-corrected chi connectivity index (χ1v) is 11.9. The second-order valence-corrected chi connectivity index (χ2v) is 8.83. The van der Waals surface area contributed by atoms with E-state index in [1.807, 2.05) is 6.07 Å². The van der Waals surface area contributed by atoms with Crippen molar-refractivity contribution in [3.63, 3.8) is 0 Å². The van der Waals surface area contributed by atoms with E-state index in [1.54, 1.807) is 24.5 Å². The molecule has 1 atom stereocenters. The second kappa shape index (κ2) is 10.4. The Morgan fingerprint density at radius 2 is 1.78 bits per heavy atom. The fraction of sp³-hybridized carbons (Fsp3) is 0.148. The molecular weight excluding hydrogens is 552 g/mol. The van der Waals surface area contributed by atoms with Gasteiger partial charge in [0.1, 0.15) is 12.0 Å².